The van der Waals surface area contributed by atoms with E-state index < -0.39 is 0 Å². The molecule has 1 aromatic heterocycles. The molecule has 0 bridgehead atoms. The van der Waals surface area contributed by atoms with Crippen molar-refractivity contribution in [2.45, 2.75) is 19.8 Å². The molecule has 0 radical (unpaired) electrons. The third-order valence-corrected chi connectivity index (χ3v) is 1.88. The Hall–Kier alpha value is -1.49. The van der Waals surface area contributed by atoms with Crippen molar-refractivity contribution in [1.29, 1.82) is 0 Å². The van der Waals surface area contributed by atoms with Crippen molar-refractivity contribution in [3.05, 3.63) is 23.4 Å². The first-order chi connectivity index (χ1) is 6.20. The van der Waals surface area contributed by atoms with E-state index in [1.807, 2.05) is 6.07 Å². The van der Waals surface area contributed by atoms with E-state index in [2.05, 4.69) is 24.8 Å². The van der Waals surface area contributed by atoms with Crippen molar-refractivity contribution >= 4 is 0 Å². The number of nitrogens with zero attached hydrogens (tertiary/aromatic N) is 1. The first kappa shape index (κ1) is 9.60. The SMILES string of the molecule is C#Cc1ccnc(OC)c1C(C)C. The zero-order valence-corrected chi connectivity index (χ0v) is 8.16. The Labute approximate surface area is 79.0 Å². The summed E-state index contributed by atoms with van der Waals surface area (Å²) in [7, 11) is 1.61. The van der Waals surface area contributed by atoms with Crippen LogP contribution >= 0.6 is 0 Å². The van der Waals surface area contributed by atoms with Gasteiger partial charge in [-0.25, -0.2) is 4.98 Å². The molecule has 2 nitrogen and oxygen atoms in total. The number of hydrogen-bond acceptors (Lipinski definition) is 2. The Morgan fingerprint density at radius 1 is 1.54 bits per heavy atom. The highest BCUT2D eigenvalue weighted by Crippen LogP contribution is 2.26. The van der Waals surface area contributed by atoms with Crippen molar-refractivity contribution in [2.75, 3.05) is 7.11 Å². The Bertz CT molecular complexity index is 336. The van der Waals surface area contributed by atoms with Gasteiger partial charge >= 0.3 is 0 Å². The van der Waals surface area contributed by atoms with Crippen LogP contribution < -0.4 is 4.74 Å². The first-order valence-corrected chi connectivity index (χ1v) is 4.20. The van der Waals surface area contributed by atoms with Crippen LogP contribution in [0.4, 0.5) is 0 Å². The first-order valence-electron chi connectivity index (χ1n) is 4.20. The Morgan fingerprint density at radius 3 is 2.69 bits per heavy atom. The number of methoxy groups -OCH3 is 1. The Balaban J connectivity index is 3.32. The topological polar surface area (TPSA) is 22.1 Å². The van der Waals surface area contributed by atoms with Crippen molar-refractivity contribution < 1.29 is 4.74 Å². The highest BCUT2D eigenvalue weighted by molar-refractivity contribution is 5.45. The Morgan fingerprint density at radius 2 is 2.23 bits per heavy atom. The lowest BCUT2D eigenvalue weighted by Gasteiger charge is -2.11. The lowest BCUT2D eigenvalue weighted by Crippen LogP contribution is -1.99. The monoisotopic (exact) mass is 175 g/mol. The van der Waals surface area contributed by atoms with Crippen LogP contribution in [0, 0.1) is 12.3 Å². The zero-order valence-electron chi connectivity index (χ0n) is 8.16. The summed E-state index contributed by atoms with van der Waals surface area (Å²) in [6, 6.07) is 1.83. The van der Waals surface area contributed by atoms with E-state index in [0.29, 0.717) is 11.8 Å². The van der Waals surface area contributed by atoms with Crippen LogP contribution in [0.5, 0.6) is 5.88 Å². The Kier molecular flexibility index (Phi) is 2.92. The summed E-state index contributed by atoms with van der Waals surface area (Å²) in [4.78, 5) is 4.11. The maximum atomic E-state index is 5.38. The van der Waals surface area contributed by atoms with Crippen LogP contribution in [0.2, 0.25) is 0 Å². The fraction of sp³-hybridized carbons (Fsp3) is 0.364. The summed E-state index contributed by atoms with van der Waals surface area (Å²) in [6.07, 6.45) is 7.05. The van der Waals surface area contributed by atoms with Gasteiger partial charge in [0, 0.05) is 17.3 Å². The van der Waals surface area contributed by atoms with Gasteiger partial charge in [-0.05, 0) is 12.0 Å². The van der Waals surface area contributed by atoms with Crippen LogP contribution in [0.25, 0.3) is 0 Å². The van der Waals surface area contributed by atoms with Crippen LogP contribution in [0.1, 0.15) is 30.9 Å². The van der Waals surface area contributed by atoms with E-state index >= 15 is 0 Å². The average Bonchev–Trinajstić information content (AvgIpc) is 2.16. The van der Waals surface area contributed by atoms with E-state index in [-0.39, 0.29) is 0 Å². The molecular formula is C11H13NO. The highest BCUT2D eigenvalue weighted by atomic mass is 16.5. The largest absolute Gasteiger partial charge is 0.481 e. The zero-order chi connectivity index (χ0) is 9.84. The van der Waals surface area contributed by atoms with Crippen molar-refractivity contribution in [2.24, 2.45) is 0 Å². The number of hydrogen-bond donors (Lipinski definition) is 0. The summed E-state index contributed by atoms with van der Waals surface area (Å²) in [6.45, 7) is 4.14. The van der Waals surface area contributed by atoms with Crippen LogP contribution in [0.3, 0.4) is 0 Å². The van der Waals surface area contributed by atoms with Crippen LogP contribution in [-0.2, 0) is 0 Å². The summed E-state index contributed by atoms with van der Waals surface area (Å²) >= 11 is 0. The predicted octanol–water partition coefficient (Wildman–Crippen LogP) is 2.19. The van der Waals surface area contributed by atoms with Gasteiger partial charge in [-0.2, -0.15) is 0 Å². The molecule has 0 amide bonds. The lowest BCUT2D eigenvalue weighted by molar-refractivity contribution is 0.390. The predicted molar refractivity (Wildman–Crippen MR) is 52.8 cm³/mol. The maximum Gasteiger partial charge on any atom is 0.217 e. The molecule has 0 aliphatic heterocycles. The quantitative estimate of drug-likeness (QED) is 0.643. The molecule has 68 valence electrons. The fourth-order valence-corrected chi connectivity index (χ4v) is 1.30. The van der Waals surface area contributed by atoms with Gasteiger partial charge in [-0.1, -0.05) is 19.8 Å². The molecule has 0 unspecified atom stereocenters. The summed E-state index contributed by atoms with van der Waals surface area (Å²) in [5, 5.41) is 0. The van der Waals surface area contributed by atoms with E-state index in [1.165, 1.54) is 0 Å². The average molecular weight is 175 g/mol. The minimum absolute atomic E-state index is 0.328. The molecule has 0 aromatic carbocycles. The van der Waals surface area contributed by atoms with Crippen molar-refractivity contribution in [1.82, 2.24) is 4.98 Å². The second-order valence-corrected chi connectivity index (χ2v) is 3.08. The normalized spacial score (nSPS) is 9.77. The fourth-order valence-electron chi connectivity index (χ4n) is 1.30. The molecule has 0 atom stereocenters. The molecule has 0 fully saturated rings. The molecule has 1 heterocycles. The van der Waals surface area contributed by atoms with E-state index in [4.69, 9.17) is 11.2 Å². The van der Waals surface area contributed by atoms with Gasteiger partial charge in [0.2, 0.25) is 5.88 Å². The summed E-state index contributed by atoms with van der Waals surface area (Å²) in [5.74, 6) is 3.59. The maximum absolute atomic E-state index is 5.38. The molecular weight excluding hydrogens is 162 g/mol. The number of ether oxygens (including phenoxy) is 1. The second kappa shape index (κ2) is 3.95. The van der Waals surface area contributed by atoms with Gasteiger partial charge in [0.15, 0.2) is 0 Å². The van der Waals surface area contributed by atoms with Gasteiger partial charge in [-0.3, -0.25) is 0 Å². The molecule has 0 saturated heterocycles. The smallest absolute Gasteiger partial charge is 0.217 e. The van der Waals surface area contributed by atoms with Crippen LogP contribution in [-0.4, -0.2) is 12.1 Å². The highest BCUT2D eigenvalue weighted by Gasteiger charge is 2.11. The summed E-state index contributed by atoms with van der Waals surface area (Å²) in [5.41, 5.74) is 1.87. The van der Waals surface area contributed by atoms with Crippen molar-refractivity contribution in [3.63, 3.8) is 0 Å². The van der Waals surface area contributed by atoms with E-state index in [0.717, 1.165) is 11.1 Å². The number of aromatic nitrogens is 1. The van der Waals surface area contributed by atoms with Gasteiger partial charge in [-0.15, -0.1) is 6.42 Å². The van der Waals surface area contributed by atoms with Crippen molar-refractivity contribution in [3.8, 4) is 18.2 Å². The van der Waals surface area contributed by atoms with Gasteiger partial charge in [0.05, 0.1) is 7.11 Å². The van der Waals surface area contributed by atoms with E-state index in [1.54, 1.807) is 13.3 Å². The third-order valence-electron chi connectivity index (χ3n) is 1.88. The minimum atomic E-state index is 0.328. The van der Waals surface area contributed by atoms with Gasteiger partial charge in [0.25, 0.3) is 0 Å². The van der Waals surface area contributed by atoms with Gasteiger partial charge in [0.1, 0.15) is 0 Å². The number of terminal acetylenes is 1. The number of rotatable bonds is 2. The van der Waals surface area contributed by atoms with Gasteiger partial charge < -0.3 is 4.74 Å². The molecule has 0 aliphatic carbocycles. The molecule has 0 saturated carbocycles. The molecule has 0 spiro atoms. The van der Waals surface area contributed by atoms with E-state index in [9.17, 15) is 0 Å². The molecule has 2 heteroatoms. The summed E-state index contributed by atoms with van der Waals surface area (Å²) < 4.78 is 5.14. The van der Waals surface area contributed by atoms with Crippen LogP contribution in [0.15, 0.2) is 12.3 Å². The second-order valence-electron chi connectivity index (χ2n) is 3.08. The number of pyridine rings is 1. The molecule has 1 aromatic rings. The standard InChI is InChI=1S/C11H13NO/c1-5-9-6-7-12-11(13-4)10(9)8(2)3/h1,6-8H,2-4H3. The lowest BCUT2D eigenvalue weighted by atomic mass is 9.99. The molecule has 0 aliphatic rings. The molecule has 13 heavy (non-hydrogen) atoms. The molecule has 0 N–H and O–H groups in total. The third kappa shape index (κ3) is 1.81. The molecule has 1 rings (SSSR count). The minimum Gasteiger partial charge on any atom is -0.481 e.